The molecule has 142 valence electrons. The highest BCUT2D eigenvalue weighted by Gasteiger charge is 2.45. The minimum Gasteiger partial charge on any atom is -0.459 e. The Morgan fingerprint density at radius 2 is 2.04 bits per heavy atom. The van der Waals surface area contributed by atoms with Crippen LogP contribution >= 0.6 is 35.0 Å². The maximum absolute atomic E-state index is 6.37. The van der Waals surface area contributed by atoms with E-state index in [0.29, 0.717) is 15.3 Å². The summed E-state index contributed by atoms with van der Waals surface area (Å²) in [5, 5.41) is 2.75. The van der Waals surface area contributed by atoms with E-state index in [4.69, 9.17) is 32.6 Å². The number of rotatable bonds is 3. The highest BCUT2D eigenvalue weighted by molar-refractivity contribution is 8.14. The summed E-state index contributed by atoms with van der Waals surface area (Å²) in [6, 6.07) is 15.3. The number of amidine groups is 1. The molecule has 0 aliphatic carbocycles. The summed E-state index contributed by atoms with van der Waals surface area (Å²) in [5.74, 6) is 1.59. The number of furan rings is 1. The molecule has 0 unspecified atom stereocenters. The Labute approximate surface area is 177 Å². The van der Waals surface area contributed by atoms with Crippen LogP contribution in [0.4, 0.5) is 0 Å². The normalized spacial score (nSPS) is 23.8. The molecule has 7 heteroatoms. The summed E-state index contributed by atoms with van der Waals surface area (Å²) < 4.78 is 6.29. The molecule has 1 aromatic carbocycles. The Morgan fingerprint density at radius 1 is 1.14 bits per heavy atom. The smallest absolute Gasteiger partial charge is 0.161 e. The van der Waals surface area contributed by atoms with Gasteiger partial charge in [-0.15, -0.1) is 0 Å². The van der Waals surface area contributed by atoms with Gasteiger partial charge in [0.2, 0.25) is 0 Å². The summed E-state index contributed by atoms with van der Waals surface area (Å²) in [6.45, 7) is 3.16. The van der Waals surface area contributed by atoms with Crippen molar-refractivity contribution in [1.82, 2.24) is 9.88 Å². The van der Waals surface area contributed by atoms with Crippen molar-refractivity contribution in [1.29, 1.82) is 0 Å². The lowest BCUT2D eigenvalue weighted by molar-refractivity contribution is 0.277. The van der Waals surface area contributed by atoms with Gasteiger partial charge in [0.1, 0.15) is 23.6 Å². The second-order valence-electron chi connectivity index (χ2n) is 6.96. The lowest BCUT2D eigenvalue weighted by Gasteiger charge is -2.25. The number of nitrogens with zero attached hydrogens (tertiary/aromatic N) is 3. The number of aromatic nitrogens is 1. The van der Waals surface area contributed by atoms with Crippen molar-refractivity contribution < 1.29 is 4.42 Å². The molecule has 1 fully saturated rings. The van der Waals surface area contributed by atoms with E-state index in [1.54, 1.807) is 6.07 Å². The zero-order chi connectivity index (χ0) is 19.3. The largest absolute Gasteiger partial charge is 0.459 e. The Bertz CT molecular complexity index is 1050. The fourth-order valence-corrected chi connectivity index (χ4v) is 5.37. The first-order chi connectivity index (χ1) is 13.6. The van der Waals surface area contributed by atoms with E-state index in [1.165, 1.54) is 0 Å². The van der Waals surface area contributed by atoms with Gasteiger partial charge in [-0.1, -0.05) is 48.0 Å². The Balaban J connectivity index is 1.54. The molecule has 0 saturated carbocycles. The predicted molar refractivity (Wildman–Crippen MR) is 115 cm³/mol. The van der Waals surface area contributed by atoms with Gasteiger partial charge in [-0.3, -0.25) is 4.98 Å². The number of thioether (sulfide) groups is 1. The molecule has 3 atom stereocenters. The number of fused-ring (bicyclic) bond motifs is 1. The molecular formula is C21H17Cl2N3OS. The maximum atomic E-state index is 6.37. The van der Waals surface area contributed by atoms with Crippen LogP contribution in [-0.4, -0.2) is 26.8 Å². The van der Waals surface area contributed by atoms with E-state index in [0.717, 1.165) is 34.5 Å². The fourth-order valence-electron chi connectivity index (χ4n) is 3.77. The number of aliphatic imine (C=N–C) groups is 1. The lowest BCUT2D eigenvalue weighted by Crippen LogP contribution is -2.28. The van der Waals surface area contributed by atoms with Crippen molar-refractivity contribution in [3.8, 4) is 11.3 Å². The molecule has 2 aliphatic rings. The van der Waals surface area contributed by atoms with Gasteiger partial charge in [-0.25, -0.2) is 4.99 Å². The van der Waals surface area contributed by atoms with Gasteiger partial charge in [-0.05, 0) is 42.5 Å². The van der Waals surface area contributed by atoms with Gasteiger partial charge in [-0.2, -0.15) is 0 Å². The van der Waals surface area contributed by atoms with Gasteiger partial charge < -0.3 is 9.32 Å². The Kier molecular flexibility index (Phi) is 4.62. The molecule has 28 heavy (non-hydrogen) atoms. The predicted octanol–water partition coefficient (Wildman–Crippen LogP) is 6.24. The van der Waals surface area contributed by atoms with E-state index < -0.39 is 0 Å². The van der Waals surface area contributed by atoms with E-state index in [-0.39, 0.29) is 12.1 Å². The minimum absolute atomic E-state index is 0.0119. The monoisotopic (exact) mass is 429 g/mol. The van der Waals surface area contributed by atoms with Crippen molar-refractivity contribution in [2.75, 3.05) is 6.54 Å². The van der Waals surface area contributed by atoms with Gasteiger partial charge in [0, 0.05) is 28.6 Å². The van der Waals surface area contributed by atoms with Crippen molar-refractivity contribution in [2.45, 2.75) is 24.3 Å². The number of hydrogen-bond acceptors (Lipinski definition) is 5. The number of benzene rings is 1. The Morgan fingerprint density at radius 3 is 2.82 bits per heavy atom. The second-order valence-corrected chi connectivity index (χ2v) is 9.21. The number of halogens is 2. The molecule has 1 saturated heterocycles. The first kappa shape index (κ1) is 18.1. The molecule has 0 spiro atoms. The van der Waals surface area contributed by atoms with Crippen LogP contribution in [0, 0.1) is 0 Å². The van der Waals surface area contributed by atoms with Crippen LogP contribution in [0.2, 0.25) is 10.0 Å². The fraction of sp³-hybridized carbons (Fsp3) is 0.238. The summed E-state index contributed by atoms with van der Waals surface area (Å²) in [5.41, 5.74) is 1.78. The van der Waals surface area contributed by atoms with Gasteiger partial charge in [0.15, 0.2) is 5.17 Å². The topological polar surface area (TPSA) is 41.6 Å². The summed E-state index contributed by atoms with van der Waals surface area (Å²) in [4.78, 5) is 11.9. The van der Waals surface area contributed by atoms with E-state index >= 15 is 0 Å². The van der Waals surface area contributed by atoms with Crippen LogP contribution in [0.3, 0.4) is 0 Å². The van der Waals surface area contributed by atoms with Crippen LogP contribution in [0.25, 0.3) is 11.3 Å². The molecule has 0 bridgehead atoms. The highest BCUT2D eigenvalue weighted by Crippen LogP contribution is 2.48. The zero-order valence-electron chi connectivity index (χ0n) is 15.0. The molecule has 5 rings (SSSR count). The van der Waals surface area contributed by atoms with Crippen molar-refractivity contribution >= 4 is 40.1 Å². The summed E-state index contributed by atoms with van der Waals surface area (Å²) >= 11 is 14.2. The molecule has 0 amide bonds. The maximum Gasteiger partial charge on any atom is 0.161 e. The molecule has 3 aromatic rings. The average Bonchev–Trinajstić information content (AvgIpc) is 3.36. The minimum atomic E-state index is -0.0871. The molecular weight excluding hydrogens is 413 g/mol. The van der Waals surface area contributed by atoms with E-state index in [2.05, 4.69) is 16.8 Å². The van der Waals surface area contributed by atoms with Crippen LogP contribution < -0.4 is 0 Å². The first-order valence-electron chi connectivity index (χ1n) is 9.07. The summed E-state index contributed by atoms with van der Waals surface area (Å²) in [7, 11) is 0. The average molecular weight is 430 g/mol. The number of pyridine rings is 1. The van der Waals surface area contributed by atoms with Crippen LogP contribution in [-0.2, 0) is 0 Å². The van der Waals surface area contributed by atoms with Crippen LogP contribution in [0.1, 0.15) is 30.5 Å². The standard InChI is InChI=1S/C21H17Cl2N3OS/c1-12-11-26-20(19(25-21(26)28-12)16-4-2-3-9-24-16)18-8-7-17(27-18)14-6-5-13(22)10-15(14)23/h2-10,12,19-20H,11H2,1H3/t12-,19+,20-/m0/s1. The third-order valence-corrected chi connectivity index (χ3v) is 6.65. The van der Waals surface area contributed by atoms with Gasteiger partial charge in [0.25, 0.3) is 0 Å². The quantitative estimate of drug-likeness (QED) is 0.494. The first-order valence-corrected chi connectivity index (χ1v) is 10.7. The number of hydrogen-bond donors (Lipinski definition) is 0. The van der Waals surface area contributed by atoms with Gasteiger partial charge >= 0.3 is 0 Å². The van der Waals surface area contributed by atoms with Crippen LogP contribution in [0.15, 0.2) is 64.1 Å². The van der Waals surface area contributed by atoms with E-state index in [9.17, 15) is 0 Å². The molecule has 4 heterocycles. The summed E-state index contributed by atoms with van der Waals surface area (Å²) in [6.07, 6.45) is 1.81. The SMILES string of the molecule is C[C@H]1CN2C(=N[C@H](c3ccccn3)[C@@H]2c2ccc(-c3ccc(Cl)cc3Cl)o2)S1. The van der Waals surface area contributed by atoms with E-state index in [1.807, 2.05) is 60.4 Å². The van der Waals surface area contributed by atoms with Crippen molar-refractivity contribution in [3.63, 3.8) is 0 Å². The van der Waals surface area contributed by atoms with Gasteiger partial charge in [0.05, 0.1) is 10.7 Å². The van der Waals surface area contributed by atoms with Crippen LogP contribution in [0.5, 0.6) is 0 Å². The third-order valence-electron chi connectivity index (χ3n) is 5.00. The second kappa shape index (κ2) is 7.14. The van der Waals surface area contributed by atoms with Crippen molar-refractivity contribution in [2.24, 2.45) is 4.99 Å². The molecule has 2 aliphatic heterocycles. The molecule has 4 nitrogen and oxygen atoms in total. The molecule has 2 aromatic heterocycles. The lowest BCUT2D eigenvalue weighted by atomic mass is 10.0. The molecule has 0 N–H and O–H groups in total. The zero-order valence-corrected chi connectivity index (χ0v) is 17.4. The highest BCUT2D eigenvalue weighted by atomic mass is 35.5. The third kappa shape index (κ3) is 3.11. The van der Waals surface area contributed by atoms with Crippen molar-refractivity contribution in [3.05, 3.63) is 76.2 Å². The Hall–Kier alpha value is -1.95. The molecule has 0 radical (unpaired) electrons.